The molecule has 0 N–H and O–H groups in total. The van der Waals surface area contributed by atoms with Crippen LogP contribution in [0.2, 0.25) is 0 Å². The Balaban J connectivity index is 1.29. The number of anilines is 1. The molecule has 2 aliphatic rings. The van der Waals surface area contributed by atoms with Gasteiger partial charge < -0.3 is 4.90 Å². The van der Waals surface area contributed by atoms with Gasteiger partial charge in [0.2, 0.25) is 0 Å². The molecule has 0 amide bonds. The minimum Gasteiger partial charge on any atom is -0.356 e. The van der Waals surface area contributed by atoms with E-state index in [1.54, 1.807) is 28.4 Å². The fourth-order valence-corrected chi connectivity index (χ4v) is 4.90. The average molecular weight is 367 g/mol. The van der Waals surface area contributed by atoms with Gasteiger partial charge in [-0.15, -0.1) is 11.3 Å². The Labute approximate surface area is 155 Å². The van der Waals surface area contributed by atoms with Crippen LogP contribution in [0, 0.1) is 5.92 Å². The van der Waals surface area contributed by atoms with Gasteiger partial charge >= 0.3 is 0 Å². The summed E-state index contributed by atoms with van der Waals surface area (Å²) in [5, 5.41) is 7.85. The first-order chi connectivity index (χ1) is 12.8. The van der Waals surface area contributed by atoms with Crippen molar-refractivity contribution in [3.63, 3.8) is 0 Å². The molecule has 4 heterocycles. The summed E-state index contributed by atoms with van der Waals surface area (Å²) >= 11 is 1.65. The van der Waals surface area contributed by atoms with E-state index in [0.717, 1.165) is 79.0 Å². The van der Waals surface area contributed by atoms with Crippen molar-refractivity contribution in [3.8, 4) is 0 Å². The van der Waals surface area contributed by atoms with E-state index in [1.807, 2.05) is 0 Å². The lowest BCUT2D eigenvalue weighted by atomic mass is 9.96. The highest BCUT2D eigenvalue weighted by atomic mass is 32.1. The van der Waals surface area contributed by atoms with Crippen LogP contribution >= 0.6 is 11.3 Å². The Bertz CT molecular complexity index is 1000. The first-order valence-electron chi connectivity index (χ1n) is 9.31. The highest BCUT2D eigenvalue weighted by Gasteiger charge is 2.23. The number of fused-ring (bicyclic) bond motifs is 2. The second-order valence-corrected chi connectivity index (χ2v) is 8.15. The molecule has 0 bridgehead atoms. The van der Waals surface area contributed by atoms with Crippen molar-refractivity contribution in [3.05, 3.63) is 45.5 Å². The monoisotopic (exact) mass is 367 g/mol. The van der Waals surface area contributed by atoms with Gasteiger partial charge in [-0.3, -0.25) is 4.79 Å². The van der Waals surface area contributed by atoms with E-state index in [1.165, 1.54) is 0 Å². The average Bonchev–Trinajstić information content (AvgIpc) is 3.31. The van der Waals surface area contributed by atoms with Crippen LogP contribution in [0.25, 0.3) is 10.2 Å². The van der Waals surface area contributed by atoms with Gasteiger partial charge in [-0.2, -0.15) is 5.10 Å². The molecular weight excluding hydrogens is 346 g/mol. The largest absolute Gasteiger partial charge is 0.356 e. The minimum atomic E-state index is 0.0591. The normalized spacial score (nSPS) is 17.8. The molecule has 0 aromatic carbocycles. The van der Waals surface area contributed by atoms with Crippen LogP contribution in [0.4, 0.5) is 5.82 Å². The number of rotatable bonds is 3. The smallest absolute Gasteiger partial charge is 0.267 e. The minimum absolute atomic E-state index is 0.0591. The molecule has 1 fully saturated rings. The Morgan fingerprint density at radius 3 is 2.96 bits per heavy atom. The topological polar surface area (TPSA) is 63.9 Å². The van der Waals surface area contributed by atoms with E-state index in [-0.39, 0.29) is 5.56 Å². The quantitative estimate of drug-likeness (QED) is 0.712. The van der Waals surface area contributed by atoms with E-state index in [9.17, 15) is 4.79 Å². The van der Waals surface area contributed by atoms with Gasteiger partial charge in [0.05, 0.1) is 11.1 Å². The summed E-state index contributed by atoms with van der Waals surface area (Å²) in [4.78, 5) is 24.6. The zero-order valence-electron chi connectivity index (χ0n) is 14.6. The second kappa shape index (κ2) is 6.46. The predicted molar refractivity (Wildman–Crippen MR) is 103 cm³/mol. The standard InChI is InChI=1S/C19H21N5OS/c25-17-10-14-2-1-3-16(14)22-24(17)11-13-4-7-23(8-5-13)18-15-6-9-26-19(15)21-12-20-18/h6,9-10,12-13H,1-5,7-8,11H2. The molecule has 6 nitrogen and oxygen atoms in total. The maximum atomic E-state index is 12.3. The third-order valence-corrected chi connectivity index (χ3v) is 6.43. The fraction of sp³-hybridized carbons (Fsp3) is 0.474. The van der Waals surface area contributed by atoms with Crippen molar-refractivity contribution in [2.75, 3.05) is 18.0 Å². The highest BCUT2D eigenvalue weighted by molar-refractivity contribution is 7.16. The lowest BCUT2D eigenvalue weighted by molar-refractivity contribution is 0.333. The number of aryl methyl sites for hydroxylation is 2. The number of thiophene rings is 1. The molecule has 1 aliphatic carbocycles. The molecule has 3 aromatic heterocycles. The number of hydrogen-bond acceptors (Lipinski definition) is 6. The Kier molecular flexibility index (Phi) is 3.96. The summed E-state index contributed by atoms with van der Waals surface area (Å²) < 4.78 is 1.70. The number of piperidine rings is 1. The Morgan fingerprint density at radius 2 is 2.08 bits per heavy atom. The van der Waals surface area contributed by atoms with Gasteiger partial charge in [0, 0.05) is 25.7 Å². The zero-order valence-corrected chi connectivity index (χ0v) is 15.4. The lowest BCUT2D eigenvalue weighted by Crippen LogP contribution is -2.37. The SMILES string of the molecule is O=c1cc2c(nn1CC1CCN(c3ncnc4sccc34)CC1)CCC2. The van der Waals surface area contributed by atoms with Crippen molar-refractivity contribution >= 4 is 27.4 Å². The van der Waals surface area contributed by atoms with Crippen molar-refractivity contribution in [2.45, 2.75) is 38.6 Å². The summed E-state index contributed by atoms with van der Waals surface area (Å²) in [5.41, 5.74) is 2.34. The molecule has 0 atom stereocenters. The zero-order chi connectivity index (χ0) is 17.5. The van der Waals surface area contributed by atoms with E-state index < -0.39 is 0 Å². The molecule has 0 saturated carbocycles. The molecule has 1 aliphatic heterocycles. The molecule has 26 heavy (non-hydrogen) atoms. The molecule has 0 radical (unpaired) electrons. The van der Waals surface area contributed by atoms with Crippen molar-refractivity contribution in [1.82, 2.24) is 19.7 Å². The Morgan fingerprint density at radius 1 is 1.19 bits per heavy atom. The highest BCUT2D eigenvalue weighted by Crippen LogP contribution is 2.30. The van der Waals surface area contributed by atoms with Gasteiger partial charge in [-0.1, -0.05) is 0 Å². The van der Waals surface area contributed by atoms with E-state index >= 15 is 0 Å². The summed E-state index contributed by atoms with van der Waals surface area (Å²) in [6.07, 6.45) is 6.92. The van der Waals surface area contributed by atoms with Crippen LogP contribution in [0.15, 0.2) is 28.6 Å². The Hall–Kier alpha value is -2.28. The number of aromatic nitrogens is 4. The van der Waals surface area contributed by atoms with E-state index in [0.29, 0.717) is 5.92 Å². The van der Waals surface area contributed by atoms with E-state index in [4.69, 9.17) is 0 Å². The number of nitrogens with zero attached hydrogens (tertiary/aromatic N) is 5. The molecule has 3 aromatic rings. The second-order valence-electron chi connectivity index (χ2n) is 7.26. The molecule has 134 valence electrons. The van der Waals surface area contributed by atoms with Gasteiger partial charge in [0.15, 0.2) is 0 Å². The lowest BCUT2D eigenvalue weighted by Gasteiger charge is -2.33. The molecule has 0 unspecified atom stereocenters. The first kappa shape index (κ1) is 15.9. The van der Waals surface area contributed by atoms with Crippen LogP contribution in [-0.2, 0) is 19.4 Å². The third kappa shape index (κ3) is 2.80. The molecule has 0 spiro atoms. The molecule has 5 rings (SSSR count). The van der Waals surface area contributed by atoms with Crippen molar-refractivity contribution < 1.29 is 0 Å². The van der Waals surface area contributed by atoms with Gasteiger partial charge in [-0.05, 0) is 55.0 Å². The first-order valence-corrected chi connectivity index (χ1v) is 10.2. The number of hydrogen-bond donors (Lipinski definition) is 0. The van der Waals surface area contributed by atoms with Gasteiger partial charge in [0.25, 0.3) is 5.56 Å². The van der Waals surface area contributed by atoms with Crippen molar-refractivity contribution in [2.24, 2.45) is 5.92 Å². The predicted octanol–water partition coefficient (Wildman–Crippen LogP) is 2.65. The van der Waals surface area contributed by atoms with Gasteiger partial charge in [-0.25, -0.2) is 14.6 Å². The summed E-state index contributed by atoms with van der Waals surface area (Å²) in [6, 6.07) is 3.91. The fourth-order valence-electron chi connectivity index (χ4n) is 4.17. The van der Waals surface area contributed by atoms with Crippen LogP contribution in [-0.4, -0.2) is 32.8 Å². The molecular formula is C19H21N5OS. The van der Waals surface area contributed by atoms with Crippen LogP contribution in [0.1, 0.15) is 30.5 Å². The van der Waals surface area contributed by atoms with Crippen molar-refractivity contribution in [1.29, 1.82) is 0 Å². The molecule has 1 saturated heterocycles. The van der Waals surface area contributed by atoms with Crippen LogP contribution in [0.3, 0.4) is 0 Å². The summed E-state index contributed by atoms with van der Waals surface area (Å²) in [5.74, 6) is 1.54. The molecule has 7 heteroatoms. The van der Waals surface area contributed by atoms with Crippen LogP contribution in [0.5, 0.6) is 0 Å². The van der Waals surface area contributed by atoms with Gasteiger partial charge in [0.1, 0.15) is 17.0 Å². The maximum Gasteiger partial charge on any atom is 0.267 e. The maximum absolute atomic E-state index is 12.3. The summed E-state index contributed by atoms with van der Waals surface area (Å²) in [7, 11) is 0. The van der Waals surface area contributed by atoms with E-state index in [2.05, 4.69) is 31.4 Å². The third-order valence-electron chi connectivity index (χ3n) is 5.61. The van der Waals surface area contributed by atoms with Crippen LogP contribution < -0.4 is 10.5 Å². The summed E-state index contributed by atoms with van der Waals surface area (Å²) in [6.45, 7) is 2.66.